The van der Waals surface area contributed by atoms with E-state index < -0.39 is 5.97 Å². The topological polar surface area (TPSA) is 97.1 Å². The van der Waals surface area contributed by atoms with Crippen molar-refractivity contribution in [2.24, 2.45) is 5.92 Å². The number of carboxylic acids is 1. The molecule has 1 fully saturated rings. The Morgan fingerprint density at radius 3 is 2.82 bits per heavy atom. The molecule has 1 aromatic rings. The van der Waals surface area contributed by atoms with E-state index in [9.17, 15) is 9.59 Å². The van der Waals surface area contributed by atoms with Crippen LogP contribution in [0.5, 0.6) is 0 Å². The van der Waals surface area contributed by atoms with Crippen molar-refractivity contribution in [3.05, 3.63) is 11.9 Å². The molecule has 0 aliphatic heterocycles. The summed E-state index contributed by atoms with van der Waals surface area (Å²) < 4.78 is 1.22. The van der Waals surface area contributed by atoms with Gasteiger partial charge in [0.1, 0.15) is 6.54 Å². The van der Waals surface area contributed by atoms with Crippen LogP contribution in [-0.4, -0.2) is 38.0 Å². The number of aromatic nitrogens is 3. The minimum absolute atomic E-state index is 0.00512. The Hall–Kier alpha value is -1.92. The second kappa shape index (κ2) is 4.52. The number of aromatic carboxylic acids is 1. The summed E-state index contributed by atoms with van der Waals surface area (Å²) in [4.78, 5) is 22.1. The number of amides is 1. The largest absolute Gasteiger partial charge is 0.476 e. The zero-order valence-corrected chi connectivity index (χ0v) is 9.46. The summed E-state index contributed by atoms with van der Waals surface area (Å²) in [5, 5.41) is 18.5. The maximum Gasteiger partial charge on any atom is 0.358 e. The standard InChI is InChI=1S/C10H14N4O3/c1-6-2-7(3-6)11-9(15)5-14-4-8(10(16)17)12-13-14/h4,6-7H,2-3,5H2,1H3,(H,11,15)(H,16,17). The van der Waals surface area contributed by atoms with E-state index >= 15 is 0 Å². The van der Waals surface area contributed by atoms with Gasteiger partial charge in [0.2, 0.25) is 5.91 Å². The third-order valence-electron chi connectivity index (χ3n) is 2.80. The van der Waals surface area contributed by atoms with Gasteiger partial charge in [0.15, 0.2) is 5.69 Å². The van der Waals surface area contributed by atoms with Gasteiger partial charge in [-0.05, 0) is 18.8 Å². The molecule has 1 aliphatic rings. The Labute approximate surface area is 97.8 Å². The van der Waals surface area contributed by atoms with E-state index in [1.54, 1.807) is 0 Å². The second-order valence-electron chi connectivity index (χ2n) is 4.45. The van der Waals surface area contributed by atoms with Crippen molar-refractivity contribution in [3.63, 3.8) is 0 Å². The molecule has 1 amide bonds. The van der Waals surface area contributed by atoms with Gasteiger partial charge in [0, 0.05) is 6.04 Å². The Morgan fingerprint density at radius 2 is 2.29 bits per heavy atom. The predicted molar refractivity (Wildman–Crippen MR) is 57.3 cm³/mol. The third-order valence-corrected chi connectivity index (χ3v) is 2.80. The molecular formula is C10H14N4O3. The van der Waals surface area contributed by atoms with Crippen LogP contribution in [0.4, 0.5) is 0 Å². The van der Waals surface area contributed by atoms with Crippen LogP contribution in [0.25, 0.3) is 0 Å². The summed E-state index contributed by atoms with van der Waals surface area (Å²) in [6, 6.07) is 0.250. The summed E-state index contributed by atoms with van der Waals surface area (Å²) in [6.07, 6.45) is 3.25. The van der Waals surface area contributed by atoms with Crippen molar-refractivity contribution in [2.45, 2.75) is 32.4 Å². The molecule has 1 aromatic heterocycles. The van der Waals surface area contributed by atoms with Gasteiger partial charge in [0.05, 0.1) is 6.20 Å². The van der Waals surface area contributed by atoms with E-state index in [0.29, 0.717) is 5.92 Å². The van der Waals surface area contributed by atoms with E-state index in [0.717, 1.165) is 12.8 Å². The lowest BCUT2D eigenvalue weighted by molar-refractivity contribution is -0.123. The first kappa shape index (κ1) is 11.6. The predicted octanol–water partition coefficient (Wildman–Crippen LogP) is -0.109. The first-order chi connectivity index (χ1) is 8.04. The van der Waals surface area contributed by atoms with E-state index in [1.807, 2.05) is 0 Å². The van der Waals surface area contributed by atoms with Gasteiger partial charge in [0.25, 0.3) is 0 Å². The lowest BCUT2D eigenvalue weighted by Crippen LogP contribution is -2.44. The fourth-order valence-electron chi connectivity index (χ4n) is 1.91. The smallest absolute Gasteiger partial charge is 0.358 e. The van der Waals surface area contributed by atoms with Crippen LogP contribution in [0.1, 0.15) is 30.3 Å². The number of hydrogen-bond acceptors (Lipinski definition) is 4. The van der Waals surface area contributed by atoms with E-state index in [2.05, 4.69) is 22.6 Å². The molecule has 1 saturated carbocycles. The molecule has 2 rings (SSSR count). The van der Waals surface area contributed by atoms with Crippen molar-refractivity contribution in [1.82, 2.24) is 20.3 Å². The zero-order valence-electron chi connectivity index (χ0n) is 9.46. The lowest BCUT2D eigenvalue weighted by Gasteiger charge is -2.33. The Morgan fingerprint density at radius 1 is 1.59 bits per heavy atom. The zero-order chi connectivity index (χ0) is 12.4. The Kier molecular flexibility index (Phi) is 3.08. The van der Waals surface area contributed by atoms with Gasteiger partial charge in [-0.25, -0.2) is 9.48 Å². The van der Waals surface area contributed by atoms with Crippen LogP contribution in [0.3, 0.4) is 0 Å². The highest BCUT2D eigenvalue weighted by Crippen LogP contribution is 2.26. The van der Waals surface area contributed by atoms with Gasteiger partial charge in [-0.1, -0.05) is 12.1 Å². The van der Waals surface area contributed by atoms with Gasteiger partial charge in [-0.2, -0.15) is 0 Å². The Bertz CT molecular complexity index is 437. The molecule has 92 valence electrons. The number of carbonyl (C=O) groups excluding carboxylic acids is 1. The number of nitrogens with one attached hydrogen (secondary N) is 1. The highest BCUT2D eigenvalue weighted by Gasteiger charge is 2.26. The molecule has 17 heavy (non-hydrogen) atoms. The maximum atomic E-state index is 11.6. The normalized spacial score (nSPS) is 22.9. The van der Waals surface area contributed by atoms with Crippen molar-refractivity contribution in [1.29, 1.82) is 0 Å². The molecule has 0 aromatic carbocycles. The molecular weight excluding hydrogens is 224 g/mol. The molecule has 0 atom stereocenters. The average Bonchev–Trinajstić information content (AvgIpc) is 2.63. The van der Waals surface area contributed by atoms with Gasteiger partial charge in [-0.15, -0.1) is 5.10 Å². The molecule has 0 spiro atoms. The summed E-state index contributed by atoms with van der Waals surface area (Å²) >= 11 is 0. The summed E-state index contributed by atoms with van der Waals surface area (Å²) in [7, 11) is 0. The summed E-state index contributed by atoms with van der Waals surface area (Å²) in [5.74, 6) is -0.640. The fraction of sp³-hybridized carbons (Fsp3) is 0.600. The molecule has 0 saturated heterocycles. The number of carboxylic acid groups (broad SMARTS) is 1. The molecule has 1 heterocycles. The Balaban J connectivity index is 1.83. The number of nitrogens with zero attached hydrogens (tertiary/aromatic N) is 3. The first-order valence-corrected chi connectivity index (χ1v) is 5.47. The second-order valence-corrected chi connectivity index (χ2v) is 4.45. The van der Waals surface area contributed by atoms with Crippen LogP contribution < -0.4 is 5.32 Å². The van der Waals surface area contributed by atoms with Gasteiger partial charge < -0.3 is 10.4 Å². The highest BCUT2D eigenvalue weighted by molar-refractivity contribution is 5.84. The number of rotatable bonds is 4. The molecule has 0 radical (unpaired) electrons. The number of hydrogen-bond donors (Lipinski definition) is 2. The highest BCUT2D eigenvalue weighted by atomic mass is 16.4. The molecule has 7 nitrogen and oxygen atoms in total. The van der Waals surface area contributed by atoms with E-state index in [1.165, 1.54) is 10.9 Å². The summed E-state index contributed by atoms with van der Waals surface area (Å²) in [5.41, 5.74) is -0.157. The monoisotopic (exact) mass is 238 g/mol. The van der Waals surface area contributed by atoms with Crippen LogP contribution >= 0.6 is 0 Å². The van der Waals surface area contributed by atoms with Crippen molar-refractivity contribution in [3.8, 4) is 0 Å². The summed E-state index contributed by atoms with van der Waals surface area (Å²) in [6.45, 7) is 2.14. The third kappa shape index (κ3) is 2.80. The van der Waals surface area contributed by atoms with Crippen LogP contribution in [0.15, 0.2) is 6.20 Å². The van der Waals surface area contributed by atoms with Crippen molar-refractivity contribution in [2.75, 3.05) is 0 Å². The van der Waals surface area contributed by atoms with Crippen molar-refractivity contribution < 1.29 is 14.7 Å². The van der Waals surface area contributed by atoms with Crippen LogP contribution in [0.2, 0.25) is 0 Å². The number of carbonyl (C=O) groups is 2. The molecule has 2 N–H and O–H groups in total. The lowest BCUT2D eigenvalue weighted by atomic mass is 9.82. The van der Waals surface area contributed by atoms with E-state index in [4.69, 9.17) is 5.11 Å². The molecule has 7 heteroatoms. The van der Waals surface area contributed by atoms with Gasteiger partial charge >= 0.3 is 5.97 Å². The first-order valence-electron chi connectivity index (χ1n) is 5.47. The molecule has 0 bridgehead atoms. The van der Waals surface area contributed by atoms with Crippen LogP contribution in [-0.2, 0) is 11.3 Å². The molecule has 1 aliphatic carbocycles. The fourth-order valence-corrected chi connectivity index (χ4v) is 1.91. The quantitative estimate of drug-likeness (QED) is 0.762. The molecule has 0 unspecified atom stereocenters. The SMILES string of the molecule is CC1CC(NC(=O)Cn2cc(C(=O)O)nn2)C1. The van der Waals surface area contributed by atoms with Crippen LogP contribution in [0, 0.1) is 5.92 Å². The average molecular weight is 238 g/mol. The van der Waals surface area contributed by atoms with E-state index in [-0.39, 0.29) is 24.2 Å². The van der Waals surface area contributed by atoms with Gasteiger partial charge in [-0.3, -0.25) is 4.79 Å². The minimum atomic E-state index is -1.15. The minimum Gasteiger partial charge on any atom is -0.476 e. The maximum absolute atomic E-state index is 11.6. The van der Waals surface area contributed by atoms with Crippen molar-refractivity contribution >= 4 is 11.9 Å².